The molecule has 4 rings (SSSR count). The number of hydrogen-bond donors (Lipinski definition) is 1. The first-order valence-electron chi connectivity index (χ1n) is 8.97. The Morgan fingerprint density at radius 3 is 2.80 bits per heavy atom. The summed E-state index contributed by atoms with van der Waals surface area (Å²) in [5, 5.41) is 15.2. The lowest BCUT2D eigenvalue weighted by Crippen LogP contribution is -2.35. The second kappa shape index (κ2) is 7.47. The number of nitrogens with zero attached hydrogens (tertiary/aromatic N) is 3. The van der Waals surface area contributed by atoms with Crippen LogP contribution in [0.25, 0.3) is 21.8 Å². The number of likely N-dealkylation sites (N-methyl/N-ethyl adjacent to an activating group) is 1. The highest BCUT2D eigenvalue weighted by atomic mass is 32.1. The molecule has 1 aliphatic rings. The lowest BCUT2D eigenvalue weighted by molar-refractivity contribution is -0.144. The molecule has 1 fully saturated rings. The van der Waals surface area contributed by atoms with Crippen LogP contribution in [-0.2, 0) is 15.1 Å². The Morgan fingerprint density at radius 1 is 1.37 bits per heavy atom. The monoisotopic (exact) mass is 427 g/mol. The van der Waals surface area contributed by atoms with Crippen molar-refractivity contribution in [2.45, 2.75) is 12.0 Å². The Bertz CT molecular complexity index is 1150. The molecule has 1 aromatic carbocycles. The standard InChI is InChI=1S/C20H17N3O6S/c1-23-7-6-20(27,19(23)26)15-9-13(22-29-15)11-4-3-5-12(8-11)17-21-16(18(25)28-2)14(10-24)30-17/h3-5,8-10,27H,6-7H2,1-2H3. The van der Waals surface area contributed by atoms with Crippen molar-refractivity contribution in [1.29, 1.82) is 0 Å². The van der Waals surface area contributed by atoms with E-state index in [0.29, 0.717) is 34.7 Å². The Hall–Kier alpha value is -3.37. The number of aldehydes is 1. The molecule has 3 heterocycles. The lowest BCUT2D eigenvalue weighted by Gasteiger charge is -2.16. The molecule has 1 unspecified atom stereocenters. The van der Waals surface area contributed by atoms with Crippen LogP contribution >= 0.6 is 11.3 Å². The third-order valence-electron chi connectivity index (χ3n) is 4.97. The van der Waals surface area contributed by atoms with Gasteiger partial charge in [-0.05, 0) is 6.07 Å². The molecule has 1 saturated heterocycles. The molecule has 2 aromatic heterocycles. The van der Waals surface area contributed by atoms with E-state index in [1.807, 2.05) is 0 Å². The topological polar surface area (TPSA) is 123 Å². The molecule has 0 radical (unpaired) electrons. The van der Waals surface area contributed by atoms with E-state index >= 15 is 0 Å². The highest BCUT2D eigenvalue weighted by Crippen LogP contribution is 2.36. The molecule has 3 aromatic rings. The molecule has 1 amide bonds. The van der Waals surface area contributed by atoms with Gasteiger partial charge < -0.3 is 19.3 Å². The molecule has 0 bridgehead atoms. The number of carbonyl (C=O) groups is 3. The number of likely N-dealkylation sites (tertiary alicyclic amines) is 1. The van der Waals surface area contributed by atoms with Crippen LogP contribution in [0.2, 0.25) is 0 Å². The van der Waals surface area contributed by atoms with Crippen molar-refractivity contribution in [2.24, 2.45) is 0 Å². The Morgan fingerprint density at radius 2 is 2.13 bits per heavy atom. The molecular formula is C20H17N3O6S. The second-order valence-corrected chi connectivity index (χ2v) is 7.87. The van der Waals surface area contributed by atoms with Gasteiger partial charge in [0, 0.05) is 37.2 Å². The zero-order valence-electron chi connectivity index (χ0n) is 16.1. The number of amides is 1. The van der Waals surface area contributed by atoms with Crippen LogP contribution in [0, 0.1) is 0 Å². The van der Waals surface area contributed by atoms with Gasteiger partial charge >= 0.3 is 5.97 Å². The summed E-state index contributed by atoms with van der Waals surface area (Å²) < 4.78 is 9.96. The van der Waals surface area contributed by atoms with E-state index in [4.69, 9.17) is 4.52 Å². The van der Waals surface area contributed by atoms with Crippen LogP contribution in [-0.4, -0.2) is 59.0 Å². The Balaban J connectivity index is 1.68. The van der Waals surface area contributed by atoms with Crippen molar-refractivity contribution >= 4 is 29.5 Å². The van der Waals surface area contributed by atoms with Crippen molar-refractivity contribution in [2.75, 3.05) is 20.7 Å². The third kappa shape index (κ3) is 3.19. The summed E-state index contributed by atoms with van der Waals surface area (Å²) in [5.74, 6) is -1.03. The van der Waals surface area contributed by atoms with Gasteiger partial charge in [0.15, 0.2) is 17.7 Å². The number of methoxy groups -OCH3 is 1. The number of rotatable bonds is 5. The van der Waals surface area contributed by atoms with Crippen LogP contribution in [0.1, 0.15) is 32.3 Å². The maximum absolute atomic E-state index is 12.3. The van der Waals surface area contributed by atoms with E-state index in [0.717, 1.165) is 11.3 Å². The van der Waals surface area contributed by atoms with E-state index < -0.39 is 17.5 Å². The molecule has 0 spiro atoms. The minimum Gasteiger partial charge on any atom is -0.464 e. The summed E-state index contributed by atoms with van der Waals surface area (Å²) in [5.41, 5.74) is 0.0000401. The molecule has 1 atom stereocenters. The van der Waals surface area contributed by atoms with Crippen LogP contribution in [0.4, 0.5) is 0 Å². The summed E-state index contributed by atoms with van der Waals surface area (Å²) >= 11 is 1.07. The molecule has 9 nitrogen and oxygen atoms in total. The van der Waals surface area contributed by atoms with Gasteiger partial charge in [0.1, 0.15) is 15.6 Å². The SMILES string of the molecule is COC(=O)c1nc(-c2cccc(-c3cc(C4(O)CCN(C)C4=O)on3)c2)sc1C=O. The van der Waals surface area contributed by atoms with E-state index in [9.17, 15) is 19.5 Å². The predicted molar refractivity (Wildman–Crippen MR) is 106 cm³/mol. The highest BCUT2D eigenvalue weighted by Gasteiger charge is 2.48. The quantitative estimate of drug-likeness (QED) is 0.485. The normalized spacial score (nSPS) is 18.6. The van der Waals surface area contributed by atoms with Gasteiger partial charge in [-0.1, -0.05) is 23.4 Å². The molecule has 1 N–H and O–H groups in total. The van der Waals surface area contributed by atoms with Crippen molar-refractivity contribution in [3.8, 4) is 21.8 Å². The van der Waals surface area contributed by atoms with Crippen molar-refractivity contribution in [3.63, 3.8) is 0 Å². The first kappa shape index (κ1) is 19.9. The summed E-state index contributed by atoms with van der Waals surface area (Å²) in [4.78, 5) is 41.2. The van der Waals surface area contributed by atoms with Crippen molar-refractivity contribution in [1.82, 2.24) is 15.0 Å². The molecule has 154 valence electrons. The van der Waals surface area contributed by atoms with E-state index in [1.165, 1.54) is 18.1 Å². The highest BCUT2D eigenvalue weighted by molar-refractivity contribution is 7.16. The minimum absolute atomic E-state index is 0.0345. The van der Waals surface area contributed by atoms with Gasteiger partial charge in [0.05, 0.1) is 7.11 Å². The number of aliphatic hydroxyl groups is 1. The second-order valence-electron chi connectivity index (χ2n) is 6.84. The number of hydrogen-bond acceptors (Lipinski definition) is 9. The van der Waals surface area contributed by atoms with Gasteiger partial charge in [-0.15, -0.1) is 11.3 Å². The summed E-state index contributed by atoms with van der Waals surface area (Å²) in [7, 11) is 2.84. The number of benzene rings is 1. The van der Waals surface area contributed by atoms with Gasteiger partial charge in [0.25, 0.3) is 5.91 Å². The summed E-state index contributed by atoms with van der Waals surface area (Å²) in [6, 6.07) is 8.63. The fourth-order valence-corrected chi connectivity index (χ4v) is 4.14. The van der Waals surface area contributed by atoms with Crippen LogP contribution in [0.3, 0.4) is 0 Å². The van der Waals surface area contributed by atoms with Crippen molar-refractivity contribution in [3.05, 3.63) is 46.7 Å². The fraction of sp³-hybridized carbons (Fsp3) is 0.250. The number of carbonyl (C=O) groups excluding carboxylic acids is 3. The molecule has 0 aliphatic carbocycles. The van der Waals surface area contributed by atoms with Gasteiger partial charge in [-0.25, -0.2) is 9.78 Å². The molecule has 10 heteroatoms. The zero-order valence-corrected chi connectivity index (χ0v) is 16.9. The number of esters is 1. The van der Waals surface area contributed by atoms with E-state index in [-0.39, 0.29) is 22.8 Å². The summed E-state index contributed by atoms with van der Waals surface area (Å²) in [6.07, 6.45) is 0.790. The number of aromatic nitrogens is 2. The van der Waals surface area contributed by atoms with E-state index in [2.05, 4.69) is 14.9 Å². The molecule has 30 heavy (non-hydrogen) atoms. The first-order valence-corrected chi connectivity index (χ1v) is 9.79. The average molecular weight is 427 g/mol. The third-order valence-corrected chi connectivity index (χ3v) is 6.00. The maximum atomic E-state index is 12.3. The predicted octanol–water partition coefficient (Wildman–Crippen LogP) is 2.11. The van der Waals surface area contributed by atoms with Gasteiger partial charge in [0.2, 0.25) is 5.60 Å². The zero-order chi connectivity index (χ0) is 21.5. The molecule has 1 aliphatic heterocycles. The van der Waals surface area contributed by atoms with Crippen LogP contribution in [0.15, 0.2) is 34.9 Å². The maximum Gasteiger partial charge on any atom is 0.358 e. The van der Waals surface area contributed by atoms with Gasteiger partial charge in [-0.3, -0.25) is 9.59 Å². The number of ether oxygens (including phenoxy) is 1. The Kier molecular flexibility index (Phi) is 4.96. The smallest absolute Gasteiger partial charge is 0.358 e. The largest absolute Gasteiger partial charge is 0.464 e. The lowest BCUT2D eigenvalue weighted by atomic mass is 9.98. The first-order chi connectivity index (χ1) is 14.4. The van der Waals surface area contributed by atoms with Gasteiger partial charge in [-0.2, -0.15) is 0 Å². The molecular weight excluding hydrogens is 410 g/mol. The van der Waals surface area contributed by atoms with E-state index in [1.54, 1.807) is 31.3 Å². The Labute approximate surface area is 174 Å². The van der Waals surface area contributed by atoms with Crippen molar-refractivity contribution < 1.29 is 28.8 Å². The molecule has 0 saturated carbocycles. The van der Waals surface area contributed by atoms with Crippen LogP contribution < -0.4 is 0 Å². The fourth-order valence-electron chi connectivity index (χ4n) is 3.28. The van der Waals surface area contributed by atoms with Crippen LogP contribution in [0.5, 0.6) is 0 Å². The number of thiazole rings is 1. The minimum atomic E-state index is -1.72. The summed E-state index contributed by atoms with van der Waals surface area (Å²) in [6.45, 7) is 0.423. The average Bonchev–Trinajstić information content (AvgIpc) is 3.49.